The minimum atomic E-state index is -4.99. The quantitative estimate of drug-likeness (QED) is 0.123. The average Bonchev–Trinajstić information content (AvgIpc) is 3.63. The lowest BCUT2D eigenvalue weighted by atomic mass is 10.0. The molecule has 2 amide bonds. The van der Waals surface area contributed by atoms with Crippen LogP contribution in [0.2, 0.25) is 0 Å². The molecule has 3 heterocycles. The number of thiophene rings is 1. The van der Waals surface area contributed by atoms with Crippen LogP contribution in [0, 0.1) is 0 Å². The minimum Gasteiger partial charge on any atom is -0.478 e. The highest BCUT2D eigenvalue weighted by atomic mass is 32.2. The summed E-state index contributed by atoms with van der Waals surface area (Å²) in [5.74, 6) is -2.10. The molecule has 0 spiro atoms. The van der Waals surface area contributed by atoms with Crippen molar-refractivity contribution in [3.8, 4) is 11.1 Å². The van der Waals surface area contributed by atoms with E-state index in [1.807, 2.05) is 6.08 Å². The summed E-state index contributed by atoms with van der Waals surface area (Å²) in [4.78, 5) is 41.6. The first kappa shape index (κ1) is 37.2. The van der Waals surface area contributed by atoms with E-state index >= 15 is 0 Å². The lowest BCUT2D eigenvalue weighted by Gasteiger charge is -2.25. The maximum Gasteiger partial charge on any atom is 0.416 e. The summed E-state index contributed by atoms with van der Waals surface area (Å²) < 4.78 is 85.6. The van der Waals surface area contributed by atoms with Crippen molar-refractivity contribution >= 4 is 75.3 Å². The van der Waals surface area contributed by atoms with E-state index in [2.05, 4.69) is 10.2 Å². The Morgan fingerprint density at radius 2 is 1.66 bits per heavy atom. The Labute approximate surface area is 295 Å². The smallest absolute Gasteiger partial charge is 0.416 e. The SMILES string of the molecule is O=C(CCN1C(=O)/C(=C/c2cc(-c3cc(C(F)(F)F)cc(C(F)(F)F)c3)cs2)SC1=S)Nc1ccc(C(=O)O)cc1/C=C/CN1CCOCC1. The first-order valence-corrected chi connectivity index (χ1v) is 17.0. The van der Waals surface area contributed by atoms with Crippen molar-refractivity contribution in [1.82, 2.24) is 9.80 Å². The number of morpholine rings is 1. The Morgan fingerprint density at radius 3 is 2.30 bits per heavy atom. The molecule has 0 unspecified atom stereocenters. The maximum absolute atomic E-state index is 13.3. The fourth-order valence-corrected chi connectivity index (χ4v) is 7.23. The molecule has 0 radical (unpaired) electrons. The van der Waals surface area contributed by atoms with Gasteiger partial charge in [-0.2, -0.15) is 26.3 Å². The summed E-state index contributed by atoms with van der Waals surface area (Å²) in [7, 11) is 0. The van der Waals surface area contributed by atoms with Crippen LogP contribution in [0.1, 0.15) is 38.3 Å². The Morgan fingerprint density at radius 1 is 0.980 bits per heavy atom. The zero-order chi connectivity index (χ0) is 36.2. The van der Waals surface area contributed by atoms with Crippen LogP contribution >= 0.6 is 35.3 Å². The van der Waals surface area contributed by atoms with E-state index in [4.69, 9.17) is 17.0 Å². The molecule has 2 saturated heterocycles. The molecule has 3 aromatic rings. The summed E-state index contributed by atoms with van der Waals surface area (Å²) in [6.07, 6.45) is -5.11. The second-order valence-corrected chi connectivity index (χ2v) is 13.7. The molecule has 264 valence electrons. The van der Waals surface area contributed by atoms with Crippen molar-refractivity contribution in [2.75, 3.05) is 44.7 Å². The molecule has 2 aliphatic rings. The lowest BCUT2D eigenvalue weighted by molar-refractivity contribution is -0.143. The Bertz CT molecular complexity index is 1830. The van der Waals surface area contributed by atoms with E-state index in [1.54, 1.807) is 6.08 Å². The van der Waals surface area contributed by atoms with Crippen LogP contribution < -0.4 is 5.32 Å². The zero-order valence-corrected chi connectivity index (χ0v) is 28.2. The van der Waals surface area contributed by atoms with Gasteiger partial charge in [0.2, 0.25) is 5.91 Å². The Kier molecular flexibility index (Phi) is 11.5. The standard InChI is InChI=1S/C33H27F6N3O5S3/c34-32(35,36)23-13-21(14-24(16-23)33(37,38)39)22-15-25(49-18-22)17-27-29(44)42(31(48)50-27)7-5-28(43)40-26-4-3-20(30(45)46)12-19(26)2-1-6-41-8-10-47-11-9-41/h1-4,12-18H,5-11H2,(H,40,43)(H,45,46)/b2-1+,27-17-. The number of anilines is 1. The van der Waals surface area contributed by atoms with Crippen molar-refractivity contribution in [3.63, 3.8) is 0 Å². The molecule has 2 N–H and O–H groups in total. The number of aromatic carboxylic acids is 1. The number of halogens is 6. The van der Waals surface area contributed by atoms with E-state index in [9.17, 15) is 45.8 Å². The molecule has 0 aliphatic carbocycles. The van der Waals surface area contributed by atoms with Crippen molar-refractivity contribution in [1.29, 1.82) is 0 Å². The molecular weight excluding hydrogens is 729 g/mol. The normalized spacial score (nSPS) is 16.9. The topological polar surface area (TPSA) is 99.2 Å². The van der Waals surface area contributed by atoms with Crippen LogP contribution in [0.3, 0.4) is 0 Å². The molecule has 1 aromatic heterocycles. The number of alkyl halides is 6. The molecule has 0 bridgehead atoms. The van der Waals surface area contributed by atoms with Gasteiger partial charge in [-0.3, -0.25) is 19.4 Å². The molecule has 5 rings (SSSR count). The van der Waals surface area contributed by atoms with Gasteiger partial charge in [0.1, 0.15) is 4.32 Å². The number of hydrogen-bond donors (Lipinski definition) is 2. The minimum absolute atomic E-state index is 0.0390. The van der Waals surface area contributed by atoms with Gasteiger partial charge in [0, 0.05) is 43.2 Å². The van der Waals surface area contributed by atoms with Crippen LogP contribution in [-0.2, 0) is 26.7 Å². The third-order valence-electron chi connectivity index (χ3n) is 7.59. The van der Waals surface area contributed by atoms with Gasteiger partial charge in [0.25, 0.3) is 5.91 Å². The number of thiocarbonyl (C=S) groups is 1. The Hall–Kier alpha value is -4.03. The fourth-order valence-electron chi connectivity index (χ4n) is 5.01. The number of carboxylic acids is 1. The van der Waals surface area contributed by atoms with E-state index in [0.717, 1.165) is 36.2 Å². The molecule has 50 heavy (non-hydrogen) atoms. The van der Waals surface area contributed by atoms with Gasteiger partial charge in [-0.15, -0.1) is 11.3 Å². The number of hydrogen-bond acceptors (Lipinski definition) is 8. The summed E-state index contributed by atoms with van der Waals surface area (Å²) in [6.45, 7) is 3.28. The van der Waals surface area contributed by atoms with Gasteiger partial charge >= 0.3 is 18.3 Å². The average molecular weight is 756 g/mol. The fraction of sp³-hybridized carbons (Fsp3) is 0.273. The van der Waals surface area contributed by atoms with E-state index in [-0.39, 0.29) is 44.9 Å². The van der Waals surface area contributed by atoms with E-state index in [1.165, 1.54) is 40.6 Å². The zero-order valence-electron chi connectivity index (χ0n) is 25.8. The number of nitrogens with zero attached hydrogens (tertiary/aromatic N) is 2. The predicted octanol–water partition coefficient (Wildman–Crippen LogP) is 7.73. The van der Waals surface area contributed by atoms with E-state index in [0.29, 0.717) is 48.0 Å². The molecule has 2 aliphatic heterocycles. The number of amides is 2. The molecule has 2 aromatic carbocycles. The largest absolute Gasteiger partial charge is 0.478 e. The van der Waals surface area contributed by atoms with Gasteiger partial charge < -0.3 is 15.2 Å². The molecule has 2 fully saturated rings. The number of carbonyl (C=O) groups is 3. The molecule has 0 atom stereocenters. The van der Waals surface area contributed by atoms with Crippen molar-refractivity contribution in [3.05, 3.63) is 86.0 Å². The summed E-state index contributed by atoms with van der Waals surface area (Å²) in [5, 5.41) is 13.6. The highest BCUT2D eigenvalue weighted by Crippen LogP contribution is 2.40. The number of thioether (sulfide) groups is 1. The van der Waals surface area contributed by atoms with Crippen LogP contribution in [0.25, 0.3) is 23.3 Å². The molecule has 0 saturated carbocycles. The monoisotopic (exact) mass is 755 g/mol. The number of ether oxygens (including phenoxy) is 1. The number of carboxylic acid groups (broad SMARTS) is 1. The van der Waals surface area contributed by atoms with Crippen LogP contribution in [-0.4, -0.2) is 76.4 Å². The number of carbonyl (C=O) groups excluding carboxylic acids is 2. The third-order valence-corrected chi connectivity index (χ3v) is 9.84. The summed E-state index contributed by atoms with van der Waals surface area (Å²) in [6, 6.07) is 7.00. The third kappa shape index (κ3) is 9.39. The van der Waals surface area contributed by atoms with Gasteiger partial charge in [0.15, 0.2) is 0 Å². The van der Waals surface area contributed by atoms with Crippen LogP contribution in [0.15, 0.2) is 58.8 Å². The first-order valence-electron chi connectivity index (χ1n) is 14.9. The van der Waals surface area contributed by atoms with Crippen LogP contribution in [0.5, 0.6) is 0 Å². The lowest BCUT2D eigenvalue weighted by Crippen LogP contribution is -2.36. The van der Waals surface area contributed by atoms with Crippen molar-refractivity contribution in [2.45, 2.75) is 18.8 Å². The van der Waals surface area contributed by atoms with Crippen LogP contribution in [0.4, 0.5) is 32.0 Å². The highest BCUT2D eigenvalue weighted by molar-refractivity contribution is 8.26. The first-order chi connectivity index (χ1) is 23.6. The molecule has 8 nitrogen and oxygen atoms in total. The maximum atomic E-state index is 13.3. The van der Waals surface area contributed by atoms with Gasteiger partial charge in [-0.05, 0) is 70.6 Å². The number of benzene rings is 2. The highest BCUT2D eigenvalue weighted by Gasteiger charge is 2.37. The Balaban J connectivity index is 1.24. The number of rotatable bonds is 10. The molecule has 17 heteroatoms. The summed E-state index contributed by atoms with van der Waals surface area (Å²) >= 11 is 7.31. The van der Waals surface area contributed by atoms with Gasteiger partial charge in [0.05, 0.1) is 34.8 Å². The van der Waals surface area contributed by atoms with Crippen molar-refractivity contribution < 1.29 is 50.6 Å². The van der Waals surface area contributed by atoms with Gasteiger partial charge in [-0.1, -0.05) is 36.1 Å². The van der Waals surface area contributed by atoms with Crippen molar-refractivity contribution in [2.24, 2.45) is 0 Å². The summed E-state index contributed by atoms with van der Waals surface area (Å²) in [5.41, 5.74) is -2.15. The second-order valence-electron chi connectivity index (χ2n) is 11.1. The second kappa shape index (κ2) is 15.5. The molecular formula is C33H27F6N3O5S3. The number of nitrogens with one attached hydrogen (secondary N) is 1. The van der Waals surface area contributed by atoms with E-state index < -0.39 is 41.3 Å². The van der Waals surface area contributed by atoms with Gasteiger partial charge in [-0.25, -0.2) is 4.79 Å². The predicted molar refractivity (Wildman–Crippen MR) is 183 cm³/mol.